The van der Waals surface area contributed by atoms with Crippen molar-refractivity contribution in [2.45, 2.75) is 31.5 Å². The van der Waals surface area contributed by atoms with E-state index in [2.05, 4.69) is 5.32 Å². The number of anilines is 1. The molecule has 0 saturated heterocycles. The number of amides is 1. The minimum Gasteiger partial charge on any atom is -0.470 e. The molecule has 0 radical (unpaired) electrons. The van der Waals surface area contributed by atoms with E-state index >= 15 is 0 Å². The molecular formula is C24H23NO7. The first kappa shape index (κ1) is 21.6. The van der Waals surface area contributed by atoms with E-state index in [1.165, 1.54) is 0 Å². The minimum absolute atomic E-state index is 0.0118. The normalized spacial score (nSPS) is 23.9. The summed E-state index contributed by atoms with van der Waals surface area (Å²) in [4.78, 5) is 39.3. The summed E-state index contributed by atoms with van der Waals surface area (Å²) in [5.41, 5.74) is -1.04. The lowest BCUT2D eigenvalue weighted by atomic mass is 9.77. The number of hydrogen-bond acceptors (Lipinski definition) is 7. The molecule has 8 nitrogen and oxygen atoms in total. The predicted octanol–water partition coefficient (Wildman–Crippen LogP) is 2.39. The van der Waals surface area contributed by atoms with Gasteiger partial charge in [0.15, 0.2) is 0 Å². The summed E-state index contributed by atoms with van der Waals surface area (Å²) in [5, 5.41) is 14.2. The first-order valence-corrected chi connectivity index (χ1v) is 10.4. The molecule has 32 heavy (non-hydrogen) atoms. The second-order valence-electron chi connectivity index (χ2n) is 7.36. The summed E-state index contributed by atoms with van der Waals surface area (Å²) in [6.07, 6.45) is -1.81. The van der Waals surface area contributed by atoms with Crippen LogP contribution in [0.1, 0.15) is 30.9 Å². The molecule has 0 bridgehead atoms. The minimum atomic E-state index is -2.21. The van der Waals surface area contributed by atoms with Gasteiger partial charge in [0.2, 0.25) is 5.91 Å². The van der Waals surface area contributed by atoms with Gasteiger partial charge in [-0.1, -0.05) is 48.5 Å². The van der Waals surface area contributed by atoms with E-state index in [4.69, 9.17) is 14.2 Å². The molecular weight excluding hydrogens is 414 g/mol. The van der Waals surface area contributed by atoms with E-state index in [0.717, 1.165) is 0 Å². The van der Waals surface area contributed by atoms with Gasteiger partial charge in [0.1, 0.15) is 23.4 Å². The van der Waals surface area contributed by atoms with E-state index in [9.17, 15) is 19.5 Å². The van der Waals surface area contributed by atoms with E-state index in [-0.39, 0.29) is 24.5 Å². The van der Waals surface area contributed by atoms with Crippen molar-refractivity contribution in [1.29, 1.82) is 0 Å². The van der Waals surface area contributed by atoms with Gasteiger partial charge in [-0.15, -0.1) is 0 Å². The van der Waals surface area contributed by atoms with E-state index in [1.807, 2.05) is 0 Å². The molecule has 166 valence electrons. The van der Waals surface area contributed by atoms with E-state index in [1.54, 1.807) is 68.4 Å². The van der Waals surface area contributed by atoms with Gasteiger partial charge in [0.05, 0.1) is 13.2 Å². The predicted molar refractivity (Wildman–Crippen MR) is 114 cm³/mol. The molecule has 4 rings (SSSR count). The molecule has 2 aromatic rings. The van der Waals surface area contributed by atoms with Gasteiger partial charge in [-0.2, -0.15) is 0 Å². The average Bonchev–Trinajstić information content (AvgIpc) is 3.29. The Kier molecular flexibility index (Phi) is 5.71. The number of rotatable bonds is 6. The van der Waals surface area contributed by atoms with Crippen LogP contribution < -0.4 is 5.32 Å². The van der Waals surface area contributed by atoms with Gasteiger partial charge in [0.25, 0.3) is 5.60 Å². The monoisotopic (exact) mass is 437 g/mol. The third kappa shape index (κ3) is 3.23. The Hall–Kier alpha value is -3.65. The zero-order chi connectivity index (χ0) is 22.9. The molecule has 0 unspecified atom stereocenters. The second-order valence-corrected chi connectivity index (χ2v) is 7.36. The number of nitrogens with one attached hydrogen (secondary N) is 1. The number of esters is 2. The van der Waals surface area contributed by atoms with Gasteiger partial charge < -0.3 is 24.6 Å². The van der Waals surface area contributed by atoms with Crippen LogP contribution in [0.25, 0.3) is 5.76 Å². The highest BCUT2D eigenvalue weighted by Crippen LogP contribution is 2.51. The number of benzene rings is 2. The van der Waals surface area contributed by atoms with Crippen LogP contribution in [0.5, 0.6) is 0 Å². The number of aliphatic hydroxyl groups excluding tert-OH is 1. The summed E-state index contributed by atoms with van der Waals surface area (Å²) in [6.45, 7) is 3.27. The molecule has 0 saturated carbocycles. The number of carbonyl (C=O) groups is 3. The fourth-order valence-electron chi connectivity index (χ4n) is 4.20. The van der Waals surface area contributed by atoms with Gasteiger partial charge in [-0.05, 0) is 25.5 Å². The Bertz CT molecular complexity index is 1090. The van der Waals surface area contributed by atoms with Crippen molar-refractivity contribution in [2.24, 2.45) is 0 Å². The number of fused-ring (bicyclic) bond motifs is 1. The van der Waals surface area contributed by atoms with Crippen molar-refractivity contribution < 1.29 is 33.7 Å². The van der Waals surface area contributed by atoms with Crippen molar-refractivity contribution >= 4 is 29.3 Å². The molecule has 0 aliphatic carbocycles. The van der Waals surface area contributed by atoms with Crippen LogP contribution in [0.4, 0.5) is 5.69 Å². The Labute approximate surface area is 184 Å². The fraction of sp³-hybridized carbons (Fsp3) is 0.292. The average molecular weight is 437 g/mol. The first-order chi connectivity index (χ1) is 15.5. The highest BCUT2D eigenvalue weighted by atomic mass is 16.6. The van der Waals surface area contributed by atoms with Crippen molar-refractivity contribution in [2.75, 3.05) is 18.5 Å². The Balaban J connectivity index is 1.92. The molecule has 0 fully saturated rings. The molecule has 8 heteroatoms. The second kappa shape index (κ2) is 8.47. The number of para-hydroxylation sites is 1. The highest BCUT2D eigenvalue weighted by Gasteiger charge is 2.66. The first-order valence-electron chi connectivity index (χ1n) is 10.4. The quantitative estimate of drug-likeness (QED) is 0.668. The number of carbonyl (C=O) groups excluding carboxylic acids is 3. The van der Waals surface area contributed by atoms with Crippen molar-refractivity contribution in [3.63, 3.8) is 0 Å². The molecule has 0 aromatic heterocycles. The molecule has 2 aromatic carbocycles. The van der Waals surface area contributed by atoms with E-state index < -0.39 is 35.5 Å². The maximum absolute atomic E-state index is 13.4. The highest BCUT2D eigenvalue weighted by molar-refractivity contribution is 6.10. The Morgan fingerprint density at radius 2 is 1.69 bits per heavy atom. The molecule has 1 amide bonds. The lowest BCUT2D eigenvalue weighted by Crippen LogP contribution is -2.56. The SMILES string of the molecule is CCOC(=O)C1=C(c2ccccc2)O[C@@](C(=O)OCC)([C@H]2C(=O)Nc3ccccc32)[C@H]1O. The maximum Gasteiger partial charge on any atom is 0.354 e. The zero-order valence-corrected chi connectivity index (χ0v) is 17.7. The van der Waals surface area contributed by atoms with Crippen LogP contribution in [0.2, 0.25) is 0 Å². The van der Waals surface area contributed by atoms with Crippen molar-refractivity contribution in [1.82, 2.24) is 0 Å². The third-order valence-electron chi connectivity index (χ3n) is 5.54. The van der Waals surface area contributed by atoms with Crippen molar-refractivity contribution in [3.05, 3.63) is 71.3 Å². The number of aliphatic hydroxyl groups is 1. The lowest BCUT2D eigenvalue weighted by Gasteiger charge is -2.34. The zero-order valence-electron chi connectivity index (χ0n) is 17.7. The summed E-state index contributed by atoms with van der Waals surface area (Å²) in [6, 6.07) is 15.4. The molecule has 2 N–H and O–H groups in total. The molecule has 2 aliphatic rings. The Morgan fingerprint density at radius 3 is 2.38 bits per heavy atom. The largest absolute Gasteiger partial charge is 0.470 e. The van der Waals surface area contributed by atoms with Crippen LogP contribution in [0, 0.1) is 0 Å². The van der Waals surface area contributed by atoms with Gasteiger partial charge in [-0.3, -0.25) is 4.79 Å². The van der Waals surface area contributed by atoms with Gasteiger partial charge >= 0.3 is 11.9 Å². The van der Waals surface area contributed by atoms with Crippen LogP contribution >= 0.6 is 0 Å². The van der Waals surface area contributed by atoms with Crippen LogP contribution in [0.3, 0.4) is 0 Å². The Morgan fingerprint density at radius 1 is 1.03 bits per heavy atom. The summed E-state index contributed by atoms with van der Waals surface area (Å²) >= 11 is 0. The summed E-state index contributed by atoms with van der Waals surface area (Å²) in [5.74, 6) is -3.61. The fourth-order valence-corrected chi connectivity index (χ4v) is 4.20. The number of ether oxygens (including phenoxy) is 3. The van der Waals surface area contributed by atoms with Gasteiger partial charge in [-0.25, -0.2) is 9.59 Å². The molecule has 2 heterocycles. The van der Waals surface area contributed by atoms with Crippen LogP contribution in [-0.2, 0) is 28.6 Å². The van der Waals surface area contributed by atoms with Gasteiger partial charge in [0, 0.05) is 11.3 Å². The standard InChI is InChI=1S/C24H23NO7/c1-3-30-22(28)17-19(14-10-6-5-7-11-14)32-24(20(17)26,23(29)31-4-2)18-15-12-8-9-13-16(15)25-21(18)27/h5-13,18,20,26H,3-4H2,1-2H3,(H,25,27)/t18-,20+,24+/m1/s1. The number of hydrogen-bond donors (Lipinski definition) is 2. The molecule has 0 spiro atoms. The van der Waals surface area contributed by atoms with Crippen LogP contribution in [-0.4, -0.2) is 47.9 Å². The topological polar surface area (TPSA) is 111 Å². The summed E-state index contributed by atoms with van der Waals surface area (Å²) < 4.78 is 16.6. The van der Waals surface area contributed by atoms with E-state index in [0.29, 0.717) is 16.8 Å². The smallest absolute Gasteiger partial charge is 0.354 e. The lowest BCUT2D eigenvalue weighted by molar-refractivity contribution is -0.176. The molecule has 2 aliphatic heterocycles. The summed E-state index contributed by atoms with van der Waals surface area (Å²) in [7, 11) is 0. The molecule has 3 atom stereocenters. The van der Waals surface area contributed by atoms with Crippen molar-refractivity contribution in [3.8, 4) is 0 Å². The van der Waals surface area contributed by atoms with Crippen LogP contribution in [0.15, 0.2) is 60.2 Å². The maximum atomic E-state index is 13.4. The third-order valence-corrected chi connectivity index (χ3v) is 5.54.